The van der Waals surface area contributed by atoms with E-state index in [2.05, 4.69) is 5.32 Å². The predicted octanol–water partition coefficient (Wildman–Crippen LogP) is -1.17. The van der Waals surface area contributed by atoms with Crippen molar-refractivity contribution in [3.63, 3.8) is 0 Å². The molecule has 0 aliphatic carbocycles. The molecule has 2 heterocycles. The first-order chi connectivity index (χ1) is 13.5. The van der Waals surface area contributed by atoms with Crippen LogP contribution in [0.25, 0.3) is 0 Å². The number of rotatable bonds is 5. The third-order valence-electron chi connectivity index (χ3n) is 4.97. The van der Waals surface area contributed by atoms with Crippen molar-refractivity contribution in [3.05, 3.63) is 35.9 Å². The number of ether oxygens (including phenoxy) is 1. The van der Waals surface area contributed by atoms with E-state index in [0.29, 0.717) is 19.6 Å². The molecule has 2 aliphatic heterocycles. The van der Waals surface area contributed by atoms with Gasteiger partial charge in [0.2, 0.25) is 11.8 Å². The summed E-state index contributed by atoms with van der Waals surface area (Å²) in [7, 11) is 1.56. The van der Waals surface area contributed by atoms with Crippen LogP contribution in [0.4, 0.5) is 0 Å². The summed E-state index contributed by atoms with van der Waals surface area (Å²) in [6.07, 6.45) is 0. The van der Waals surface area contributed by atoms with Crippen molar-refractivity contribution in [2.75, 3.05) is 46.4 Å². The highest BCUT2D eigenvalue weighted by Gasteiger charge is 2.36. The maximum atomic E-state index is 12.7. The van der Waals surface area contributed by atoms with Gasteiger partial charge in [0.25, 0.3) is 11.8 Å². The summed E-state index contributed by atoms with van der Waals surface area (Å²) in [4.78, 5) is 53.2. The maximum absolute atomic E-state index is 12.7. The van der Waals surface area contributed by atoms with Crippen LogP contribution in [0.2, 0.25) is 0 Å². The van der Waals surface area contributed by atoms with Gasteiger partial charge in [-0.1, -0.05) is 30.3 Å². The van der Waals surface area contributed by atoms with Gasteiger partial charge in [0.1, 0.15) is 25.8 Å². The zero-order chi connectivity index (χ0) is 20.1. The SMILES string of the molecule is CNC(=O)[C@H]1CN(C(=O)CN2C(=O)COCC2=O)CCN1Cc1ccccc1. The number of hydrogen-bond acceptors (Lipinski definition) is 6. The minimum atomic E-state index is -0.518. The van der Waals surface area contributed by atoms with Crippen LogP contribution in [0.15, 0.2) is 30.3 Å². The van der Waals surface area contributed by atoms with Gasteiger partial charge in [-0.05, 0) is 5.56 Å². The Labute approximate surface area is 163 Å². The molecule has 0 aromatic heterocycles. The van der Waals surface area contributed by atoms with Gasteiger partial charge in [-0.25, -0.2) is 0 Å². The van der Waals surface area contributed by atoms with Crippen LogP contribution >= 0.6 is 0 Å². The Hall–Kier alpha value is -2.78. The molecule has 150 valence electrons. The molecule has 4 amide bonds. The Morgan fingerprint density at radius 1 is 1.11 bits per heavy atom. The highest BCUT2D eigenvalue weighted by atomic mass is 16.5. The van der Waals surface area contributed by atoms with E-state index in [1.807, 2.05) is 35.2 Å². The standard InChI is InChI=1S/C19H24N4O5/c1-20-19(27)15-10-22(8-7-21(15)9-14-5-3-2-4-6-14)16(24)11-23-17(25)12-28-13-18(23)26/h2-6,15H,7-13H2,1H3,(H,20,27)/t15-/m1/s1. The fraction of sp³-hybridized carbons (Fsp3) is 0.474. The fourth-order valence-corrected chi connectivity index (χ4v) is 3.40. The van der Waals surface area contributed by atoms with Gasteiger partial charge in [-0.2, -0.15) is 0 Å². The summed E-state index contributed by atoms with van der Waals surface area (Å²) in [5, 5.41) is 2.65. The molecule has 1 aromatic carbocycles. The van der Waals surface area contributed by atoms with Crippen molar-refractivity contribution >= 4 is 23.6 Å². The molecule has 2 saturated heterocycles. The second-order valence-electron chi connectivity index (χ2n) is 6.79. The van der Waals surface area contributed by atoms with E-state index in [9.17, 15) is 19.2 Å². The van der Waals surface area contributed by atoms with Crippen molar-refractivity contribution in [1.82, 2.24) is 20.0 Å². The van der Waals surface area contributed by atoms with Crippen LogP contribution in [-0.2, 0) is 30.5 Å². The van der Waals surface area contributed by atoms with Gasteiger partial charge in [0, 0.05) is 33.2 Å². The van der Waals surface area contributed by atoms with E-state index >= 15 is 0 Å². The number of benzene rings is 1. The average molecular weight is 388 g/mol. The van der Waals surface area contributed by atoms with E-state index in [-0.39, 0.29) is 38.1 Å². The summed E-state index contributed by atoms with van der Waals surface area (Å²) >= 11 is 0. The lowest BCUT2D eigenvalue weighted by Crippen LogP contribution is -2.61. The number of piperazine rings is 1. The van der Waals surface area contributed by atoms with Crippen molar-refractivity contribution in [1.29, 1.82) is 0 Å². The van der Waals surface area contributed by atoms with Crippen LogP contribution in [0.5, 0.6) is 0 Å². The van der Waals surface area contributed by atoms with Crippen molar-refractivity contribution in [3.8, 4) is 0 Å². The molecule has 2 aliphatic rings. The molecule has 28 heavy (non-hydrogen) atoms. The second-order valence-corrected chi connectivity index (χ2v) is 6.79. The third kappa shape index (κ3) is 4.55. The third-order valence-corrected chi connectivity index (χ3v) is 4.97. The van der Waals surface area contributed by atoms with E-state index in [1.165, 1.54) is 4.90 Å². The average Bonchev–Trinajstić information content (AvgIpc) is 2.71. The summed E-state index contributed by atoms with van der Waals surface area (Å²) in [5.74, 6) is -1.56. The van der Waals surface area contributed by atoms with Gasteiger partial charge in [0.15, 0.2) is 0 Å². The molecule has 2 fully saturated rings. The largest absolute Gasteiger partial charge is 0.362 e. The van der Waals surface area contributed by atoms with E-state index < -0.39 is 17.9 Å². The molecule has 1 aromatic rings. The number of hydrogen-bond donors (Lipinski definition) is 1. The minimum absolute atomic E-state index is 0.174. The molecular formula is C19H24N4O5. The van der Waals surface area contributed by atoms with Gasteiger partial charge in [-0.3, -0.25) is 29.0 Å². The van der Waals surface area contributed by atoms with Gasteiger partial charge in [-0.15, -0.1) is 0 Å². The first-order valence-electron chi connectivity index (χ1n) is 9.18. The topological polar surface area (TPSA) is 99.3 Å². The number of amides is 4. The Balaban J connectivity index is 1.66. The number of carbonyl (C=O) groups is 4. The fourth-order valence-electron chi connectivity index (χ4n) is 3.40. The van der Waals surface area contributed by atoms with Gasteiger partial charge in [0.05, 0.1) is 0 Å². The lowest BCUT2D eigenvalue weighted by molar-refractivity contribution is -0.162. The first kappa shape index (κ1) is 20.0. The van der Waals surface area contributed by atoms with Crippen LogP contribution in [0.1, 0.15) is 5.56 Å². The minimum Gasteiger partial charge on any atom is -0.362 e. The first-order valence-corrected chi connectivity index (χ1v) is 9.18. The maximum Gasteiger partial charge on any atom is 0.255 e. The molecule has 0 bridgehead atoms. The second kappa shape index (κ2) is 8.94. The molecule has 9 heteroatoms. The smallest absolute Gasteiger partial charge is 0.255 e. The summed E-state index contributed by atoms with van der Waals surface area (Å²) in [6, 6.07) is 9.31. The van der Waals surface area contributed by atoms with E-state index in [0.717, 1.165) is 10.5 Å². The van der Waals surface area contributed by atoms with Crippen molar-refractivity contribution in [2.24, 2.45) is 0 Å². The normalized spacial score (nSPS) is 21.0. The molecule has 1 N–H and O–H groups in total. The molecule has 1 atom stereocenters. The quantitative estimate of drug-likeness (QED) is 0.639. The number of morpholine rings is 1. The molecule has 0 radical (unpaired) electrons. The lowest BCUT2D eigenvalue weighted by Gasteiger charge is -2.41. The molecular weight excluding hydrogens is 364 g/mol. The highest BCUT2D eigenvalue weighted by molar-refractivity contribution is 6.01. The Morgan fingerprint density at radius 3 is 2.43 bits per heavy atom. The number of nitrogens with zero attached hydrogens (tertiary/aromatic N) is 3. The molecule has 0 spiro atoms. The van der Waals surface area contributed by atoms with E-state index in [4.69, 9.17) is 4.74 Å². The summed E-state index contributed by atoms with van der Waals surface area (Å²) in [5.41, 5.74) is 1.08. The number of likely N-dealkylation sites (N-methyl/N-ethyl adjacent to an activating group) is 1. The molecule has 0 unspecified atom stereocenters. The zero-order valence-electron chi connectivity index (χ0n) is 15.8. The van der Waals surface area contributed by atoms with Crippen LogP contribution < -0.4 is 5.32 Å². The van der Waals surface area contributed by atoms with E-state index in [1.54, 1.807) is 7.05 Å². The Kier molecular flexibility index (Phi) is 6.37. The Morgan fingerprint density at radius 2 is 1.79 bits per heavy atom. The Bertz CT molecular complexity index is 738. The monoisotopic (exact) mass is 388 g/mol. The summed E-state index contributed by atoms with van der Waals surface area (Å²) < 4.78 is 4.86. The molecule has 3 rings (SSSR count). The molecule has 9 nitrogen and oxygen atoms in total. The number of carbonyl (C=O) groups excluding carboxylic acids is 4. The van der Waals surface area contributed by atoms with Gasteiger partial charge >= 0.3 is 0 Å². The zero-order valence-corrected chi connectivity index (χ0v) is 15.8. The van der Waals surface area contributed by atoms with Crippen molar-refractivity contribution < 1.29 is 23.9 Å². The predicted molar refractivity (Wildman–Crippen MR) is 98.8 cm³/mol. The highest BCUT2D eigenvalue weighted by Crippen LogP contribution is 2.15. The number of imide groups is 1. The summed E-state index contributed by atoms with van der Waals surface area (Å²) in [6.45, 7) is 1.02. The van der Waals surface area contributed by atoms with Crippen LogP contribution in [-0.4, -0.2) is 90.8 Å². The van der Waals surface area contributed by atoms with Crippen molar-refractivity contribution in [2.45, 2.75) is 12.6 Å². The lowest BCUT2D eigenvalue weighted by atomic mass is 10.1. The molecule has 0 saturated carbocycles. The number of nitrogens with one attached hydrogen (secondary N) is 1. The van der Waals surface area contributed by atoms with Crippen LogP contribution in [0.3, 0.4) is 0 Å². The van der Waals surface area contributed by atoms with Gasteiger partial charge < -0.3 is 15.0 Å². The van der Waals surface area contributed by atoms with Crippen LogP contribution in [0, 0.1) is 0 Å².